The van der Waals surface area contributed by atoms with E-state index in [0.29, 0.717) is 35.6 Å². The van der Waals surface area contributed by atoms with Gasteiger partial charge >= 0.3 is 0 Å². The van der Waals surface area contributed by atoms with Crippen LogP contribution in [0.15, 0.2) is 24.3 Å². The molecule has 1 aromatic carbocycles. The summed E-state index contributed by atoms with van der Waals surface area (Å²) in [6.45, 7) is 0.443. The average Bonchev–Trinajstić information content (AvgIpc) is 3.00. The van der Waals surface area contributed by atoms with E-state index >= 15 is 0 Å². The fourth-order valence-electron chi connectivity index (χ4n) is 4.48. The zero-order valence-electron chi connectivity index (χ0n) is 17.6. The molecule has 5 atom stereocenters. The van der Waals surface area contributed by atoms with Gasteiger partial charge in [0.1, 0.15) is 12.2 Å². The van der Waals surface area contributed by atoms with E-state index in [1.807, 2.05) is 0 Å². The highest BCUT2D eigenvalue weighted by atomic mass is 16.5. The van der Waals surface area contributed by atoms with Gasteiger partial charge < -0.3 is 19.5 Å². The highest BCUT2D eigenvalue weighted by molar-refractivity contribution is 5.62. The lowest BCUT2D eigenvalue weighted by Crippen LogP contribution is -2.64. The Labute approximate surface area is 137 Å². The minimum atomic E-state index is -2.11. The number of rotatable bonds is 2. The van der Waals surface area contributed by atoms with E-state index in [0.717, 1.165) is 0 Å². The summed E-state index contributed by atoms with van der Waals surface area (Å²) in [5, 5.41) is 4.91. The molecule has 4 nitrogen and oxygen atoms in total. The van der Waals surface area contributed by atoms with Gasteiger partial charge in [-0.2, -0.15) is 0 Å². The maximum Gasteiger partial charge on any atom is 0.211 e. The molecule has 4 heteroatoms. The van der Waals surface area contributed by atoms with Crippen molar-refractivity contribution in [2.24, 2.45) is 5.89 Å². The van der Waals surface area contributed by atoms with Gasteiger partial charge in [-0.25, -0.2) is 0 Å². The lowest BCUT2D eigenvalue weighted by Gasteiger charge is -2.56. The molecular weight excluding hydrogens is 278 g/mol. The predicted octanol–water partition coefficient (Wildman–Crippen LogP) is 1.50. The van der Waals surface area contributed by atoms with Crippen molar-refractivity contribution in [3.63, 3.8) is 0 Å². The Morgan fingerprint density at radius 2 is 2.45 bits per heavy atom. The van der Waals surface area contributed by atoms with Crippen molar-refractivity contribution in [2.45, 2.75) is 36.4 Å². The summed E-state index contributed by atoms with van der Waals surface area (Å²) in [6.07, 6.45) is 0.142. The zero-order valence-corrected chi connectivity index (χ0v) is 12.6. The van der Waals surface area contributed by atoms with Gasteiger partial charge in [0.2, 0.25) is 1.43 Å². The Balaban J connectivity index is 1.95. The minimum absolute atomic E-state index is 0.365. The SMILES string of the molecule is [2H]OC1C=C[C@]2([2H])[C@@]34CCN(C)[C@]2([2H])C([2H])([2H])c2ccc(OC)c(c23)OC14. The number of likely N-dealkylation sites (N-methyl/N-ethyl adjacent to an activating group) is 1. The number of methoxy groups -OCH3 is 1. The van der Waals surface area contributed by atoms with Gasteiger partial charge in [0.05, 0.1) is 7.11 Å². The molecule has 1 spiro atoms. The minimum Gasteiger partial charge on any atom is -0.493 e. The predicted molar refractivity (Wildman–Crippen MR) is 82.5 cm³/mol. The van der Waals surface area contributed by atoms with Crippen LogP contribution in [0.3, 0.4) is 0 Å². The Kier molecular flexibility index (Phi) is 1.65. The average molecular weight is 304 g/mol. The van der Waals surface area contributed by atoms with E-state index in [9.17, 15) is 2.74 Å². The van der Waals surface area contributed by atoms with Crippen LogP contribution in [0.25, 0.3) is 0 Å². The number of hydrogen-bond acceptors (Lipinski definition) is 4. The molecule has 2 unspecified atom stereocenters. The van der Waals surface area contributed by atoms with Crippen LogP contribution >= 0.6 is 0 Å². The Hall–Kier alpha value is -1.52. The molecule has 0 amide bonds. The first-order valence-electron chi connectivity index (χ1n) is 10.0. The molecule has 0 saturated carbocycles. The molecular formula is C18H21NO3. The van der Waals surface area contributed by atoms with Crippen LogP contribution in [0, 0.1) is 5.89 Å². The third-order valence-electron chi connectivity index (χ3n) is 5.48. The molecule has 22 heavy (non-hydrogen) atoms. The van der Waals surface area contributed by atoms with Gasteiger partial charge in [-0.15, -0.1) is 0 Å². The quantitative estimate of drug-likeness (QED) is 0.841. The van der Waals surface area contributed by atoms with Crippen LogP contribution in [0.1, 0.15) is 23.0 Å². The normalized spacial score (nSPS) is 53.3. The van der Waals surface area contributed by atoms with Crippen molar-refractivity contribution in [1.82, 2.24) is 4.90 Å². The van der Waals surface area contributed by atoms with Crippen LogP contribution in [0.2, 0.25) is 0 Å². The molecule has 1 saturated heterocycles. The van der Waals surface area contributed by atoms with Crippen molar-refractivity contribution >= 4 is 0 Å². The summed E-state index contributed by atoms with van der Waals surface area (Å²) in [6, 6.07) is 1.45. The maximum atomic E-state index is 9.46. The van der Waals surface area contributed by atoms with Gasteiger partial charge in [0.15, 0.2) is 11.5 Å². The van der Waals surface area contributed by atoms with Crippen molar-refractivity contribution in [2.75, 3.05) is 20.7 Å². The van der Waals surface area contributed by atoms with Gasteiger partial charge in [0, 0.05) is 28.4 Å². The molecule has 2 aliphatic carbocycles. The highest BCUT2D eigenvalue weighted by Crippen LogP contribution is 2.62. The van der Waals surface area contributed by atoms with Gasteiger partial charge in [-0.3, -0.25) is 0 Å². The number of nitrogens with zero attached hydrogens (tertiary/aromatic N) is 1. The van der Waals surface area contributed by atoms with E-state index in [-0.39, 0.29) is 0 Å². The largest absolute Gasteiger partial charge is 0.493 e. The van der Waals surface area contributed by atoms with Crippen LogP contribution in [-0.2, 0) is 11.8 Å². The van der Waals surface area contributed by atoms with E-state index in [1.54, 1.807) is 36.2 Å². The van der Waals surface area contributed by atoms with Crippen LogP contribution in [-0.4, -0.2) is 50.4 Å². The third-order valence-corrected chi connectivity index (χ3v) is 5.48. The molecule has 1 N–H and O–H groups in total. The molecule has 2 heterocycles. The summed E-state index contributed by atoms with van der Waals surface area (Å²) < 4.78 is 55.8. The molecule has 116 valence electrons. The molecule has 2 bridgehead atoms. The van der Waals surface area contributed by atoms with E-state index in [4.69, 9.17) is 18.8 Å². The van der Waals surface area contributed by atoms with E-state index in [1.165, 1.54) is 7.11 Å². The highest BCUT2D eigenvalue weighted by Gasteiger charge is 2.64. The number of benzene rings is 1. The summed E-state index contributed by atoms with van der Waals surface area (Å²) in [5.41, 5.74) is -0.00881. The number of ether oxygens (including phenoxy) is 2. The van der Waals surface area contributed by atoms with Crippen LogP contribution < -0.4 is 9.47 Å². The molecule has 1 fully saturated rings. The Morgan fingerprint density at radius 3 is 3.27 bits per heavy atom. The third kappa shape index (κ3) is 1.28. The molecule has 1 aromatic rings. The van der Waals surface area contributed by atoms with Gasteiger partial charge in [-0.1, -0.05) is 18.2 Å². The number of piperidine rings is 1. The summed E-state index contributed by atoms with van der Waals surface area (Å²) in [7, 11) is 3.22. The smallest absolute Gasteiger partial charge is 0.211 e. The first-order chi connectivity index (χ1) is 12.7. The fourth-order valence-corrected chi connectivity index (χ4v) is 4.48. The number of aliphatic hydroxyl groups excluding tert-OH is 1. The van der Waals surface area contributed by atoms with E-state index < -0.39 is 35.9 Å². The topological polar surface area (TPSA) is 41.9 Å². The summed E-state index contributed by atoms with van der Waals surface area (Å²) >= 11 is 0. The molecule has 0 radical (unpaired) electrons. The monoisotopic (exact) mass is 304 g/mol. The van der Waals surface area contributed by atoms with Crippen molar-refractivity contribution in [3.8, 4) is 11.5 Å². The Morgan fingerprint density at radius 1 is 1.55 bits per heavy atom. The maximum absolute atomic E-state index is 9.46. The van der Waals surface area contributed by atoms with Gasteiger partial charge in [0.25, 0.3) is 0 Å². The second-order valence-corrected chi connectivity index (χ2v) is 6.41. The lowest BCUT2D eigenvalue weighted by atomic mass is 9.53. The molecule has 4 aliphatic rings. The molecule has 0 aromatic heterocycles. The van der Waals surface area contributed by atoms with Crippen LogP contribution in [0.5, 0.6) is 11.5 Å². The standard InChI is InChI=1S/C18H21NO3/c1-19-8-7-18-11-4-5-13(20)17(18)22-16-14(21-2)6-3-10(15(16)18)9-12(11)19/h3-6,11-13,17,20H,7-9H2,1-2H3/t11-,12+,13?,17?,18-/m0/s1/i9D2,11D,12D,20D. The lowest BCUT2D eigenvalue weighted by molar-refractivity contribution is -0.0453. The summed E-state index contributed by atoms with van der Waals surface area (Å²) in [5.74, 6) is -0.727. The zero-order chi connectivity index (χ0) is 19.4. The molecule has 5 rings (SSSR count). The first kappa shape index (κ1) is 8.94. The first-order valence-corrected chi connectivity index (χ1v) is 7.62. The second-order valence-electron chi connectivity index (χ2n) is 6.41. The van der Waals surface area contributed by atoms with Crippen molar-refractivity contribution in [3.05, 3.63) is 35.4 Å². The van der Waals surface area contributed by atoms with Crippen molar-refractivity contribution < 1.29 is 20.1 Å². The van der Waals surface area contributed by atoms with Gasteiger partial charge in [-0.05, 0) is 38.0 Å². The second kappa shape index (κ2) is 4.06. The Bertz CT molecular complexity index is 879. The summed E-state index contributed by atoms with van der Waals surface area (Å²) in [4.78, 5) is 1.64. The number of likely N-dealkylation sites (tertiary alicyclic amines) is 1. The number of aliphatic hydroxyl groups is 1. The van der Waals surface area contributed by atoms with E-state index in [2.05, 4.69) is 0 Å². The van der Waals surface area contributed by atoms with Crippen molar-refractivity contribution in [1.29, 1.82) is 1.43 Å². The number of hydrogen-bond donors (Lipinski definition) is 1. The fraction of sp³-hybridized carbons (Fsp3) is 0.556. The van der Waals surface area contributed by atoms with Crippen LogP contribution in [0.4, 0.5) is 0 Å². The molecule has 2 aliphatic heterocycles.